The van der Waals surface area contributed by atoms with Crippen molar-refractivity contribution in [2.24, 2.45) is 12.0 Å². The summed E-state index contributed by atoms with van der Waals surface area (Å²) in [5, 5.41) is 8.84. The van der Waals surface area contributed by atoms with Gasteiger partial charge in [-0.05, 0) is 18.9 Å². The van der Waals surface area contributed by atoms with E-state index in [1.54, 1.807) is 0 Å². The molecule has 4 nitrogen and oxygen atoms in total. The van der Waals surface area contributed by atoms with E-state index in [4.69, 9.17) is 0 Å². The lowest BCUT2D eigenvalue weighted by Gasteiger charge is -2.24. The fourth-order valence-corrected chi connectivity index (χ4v) is 2.69. The van der Waals surface area contributed by atoms with Gasteiger partial charge in [-0.25, -0.2) is 0 Å². The van der Waals surface area contributed by atoms with Gasteiger partial charge in [0.05, 0.1) is 12.2 Å². The highest BCUT2D eigenvalue weighted by atomic mass is 32.2. The molecule has 2 heterocycles. The van der Waals surface area contributed by atoms with Crippen LogP contribution >= 0.6 is 11.8 Å². The van der Waals surface area contributed by atoms with Crippen molar-refractivity contribution >= 4 is 16.9 Å². The van der Waals surface area contributed by atoms with Crippen LogP contribution in [0, 0.1) is 0 Å². The van der Waals surface area contributed by atoms with Crippen LogP contribution in [0.1, 0.15) is 25.5 Å². The average molecular weight is 238 g/mol. The van der Waals surface area contributed by atoms with Gasteiger partial charge in [0.25, 0.3) is 0 Å². The molecule has 0 saturated carbocycles. The molecule has 16 heavy (non-hydrogen) atoms. The summed E-state index contributed by atoms with van der Waals surface area (Å²) in [7, 11) is 1.93. The lowest BCUT2D eigenvalue weighted by molar-refractivity contribution is 0.570. The van der Waals surface area contributed by atoms with Crippen molar-refractivity contribution in [2.45, 2.75) is 32.4 Å². The standard InChI is InChI=1S/C11H18N4S/c1-3-9-5-7-16-11(13-9)12-8-10-4-6-15(2)14-10/h4,6,9H,3,5,7-8H2,1-2H3,(H,12,13). The van der Waals surface area contributed by atoms with Crippen LogP contribution in [0.15, 0.2) is 17.3 Å². The van der Waals surface area contributed by atoms with E-state index in [0.717, 1.165) is 10.9 Å². The van der Waals surface area contributed by atoms with Gasteiger partial charge in [-0.1, -0.05) is 18.7 Å². The van der Waals surface area contributed by atoms with Crippen LogP contribution in [0.4, 0.5) is 0 Å². The Kier molecular flexibility index (Phi) is 3.88. The molecule has 1 unspecified atom stereocenters. The molecule has 0 bridgehead atoms. The van der Waals surface area contributed by atoms with Gasteiger partial charge in [-0.3, -0.25) is 9.67 Å². The largest absolute Gasteiger partial charge is 0.362 e. The van der Waals surface area contributed by atoms with Crippen LogP contribution in [0.25, 0.3) is 0 Å². The number of nitrogens with one attached hydrogen (secondary N) is 1. The van der Waals surface area contributed by atoms with E-state index in [0.29, 0.717) is 12.6 Å². The fraction of sp³-hybridized carbons (Fsp3) is 0.636. The van der Waals surface area contributed by atoms with Gasteiger partial charge < -0.3 is 5.32 Å². The lowest BCUT2D eigenvalue weighted by atomic mass is 10.2. The second-order valence-corrected chi connectivity index (χ2v) is 5.07. The molecule has 0 radical (unpaired) electrons. The molecular weight excluding hydrogens is 220 g/mol. The van der Waals surface area contributed by atoms with E-state index in [-0.39, 0.29) is 0 Å². The van der Waals surface area contributed by atoms with E-state index in [2.05, 4.69) is 22.3 Å². The Hall–Kier alpha value is -0.970. The fourth-order valence-electron chi connectivity index (χ4n) is 1.68. The Morgan fingerprint density at radius 2 is 2.56 bits per heavy atom. The molecule has 2 rings (SSSR count). The van der Waals surface area contributed by atoms with Crippen molar-refractivity contribution < 1.29 is 0 Å². The molecule has 1 aliphatic heterocycles. The van der Waals surface area contributed by atoms with Gasteiger partial charge in [0.15, 0.2) is 5.17 Å². The molecule has 5 heteroatoms. The van der Waals surface area contributed by atoms with E-state index in [1.165, 1.54) is 18.6 Å². The van der Waals surface area contributed by atoms with Gasteiger partial charge in [-0.15, -0.1) is 0 Å². The first kappa shape index (κ1) is 11.5. The molecule has 0 amide bonds. The summed E-state index contributed by atoms with van der Waals surface area (Å²) in [6, 6.07) is 2.61. The molecule has 0 aliphatic carbocycles. The minimum Gasteiger partial charge on any atom is -0.362 e. The predicted octanol–water partition coefficient (Wildman–Crippen LogP) is 1.78. The number of amidine groups is 1. The number of aromatic nitrogens is 2. The maximum Gasteiger partial charge on any atom is 0.157 e. The Bertz CT molecular complexity index is 372. The predicted molar refractivity (Wildman–Crippen MR) is 68.6 cm³/mol. The van der Waals surface area contributed by atoms with Crippen molar-refractivity contribution in [1.82, 2.24) is 15.1 Å². The Morgan fingerprint density at radius 3 is 3.25 bits per heavy atom. The van der Waals surface area contributed by atoms with Crippen LogP contribution in [0.5, 0.6) is 0 Å². The summed E-state index contributed by atoms with van der Waals surface area (Å²) in [5.41, 5.74) is 1.02. The second-order valence-electron chi connectivity index (χ2n) is 3.99. The van der Waals surface area contributed by atoms with Gasteiger partial charge in [0.2, 0.25) is 0 Å². The molecule has 1 atom stereocenters. The van der Waals surface area contributed by atoms with Crippen molar-refractivity contribution in [1.29, 1.82) is 0 Å². The zero-order valence-corrected chi connectivity index (χ0v) is 10.6. The molecule has 0 spiro atoms. The highest BCUT2D eigenvalue weighted by Gasteiger charge is 2.15. The first-order valence-corrected chi connectivity index (χ1v) is 6.69. The minimum absolute atomic E-state index is 0.601. The normalized spacial score (nSPS) is 23.4. The third-order valence-corrected chi connectivity index (χ3v) is 3.64. The molecule has 1 aliphatic rings. The number of hydrogen-bond acceptors (Lipinski definition) is 3. The van der Waals surface area contributed by atoms with Crippen LogP contribution in [-0.2, 0) is 13.6 Å². The molecule has 1 aromatic heterocycles. The maximum atomic E-state index is 4.56. The Balaban J connectivity index is 1.91. The molecule has 88 valence electrons. The van der Waals surface area contributed by atoms with Gasteiger partial charge in [0.1, 0.15) is 0 Å². The van der Waals surface area contributed by atoms with Crippen molar-refractivity contribution in [2.75, 3.05) is 5.75 Å². The summed E-state index contributed by atoms with van der Waals surface area (Å²) in [6.07, 6.45) is 4.36. The van der Waals surface area contributed by atoms with Crippen LogP contribution < -0.4 is 5.32 Å². The number of hydrogen-bond donors (Lipinski definition) is 1. The summed E-state index contributed by atoms with van der Waals surface area (Å²) >= 11 is 1.81. The van der Waals surface area contributed by atoms with Crippen molar-refractivity contribution in [3.8, 4) is 0 Å². The third kappa shape index (κ3) is 3.01. The topological polar surface area (TPSA) is 42.2 Å². The van der Waals surface area contributed by atoms with Crippen molar-refractivity contribution in [3.63, 3.8) is 0 Å². The van der Waals surface area contributed by atoms with Crippen LogP contribution in [-0.4, -0.2) is 26.7 Å². The summed E-state index contributed by atoms with van der Waals surface area (Å²) in [5.74, 6) is 1.17. The number of nitrogens with zero attached hydrogens (tertiary/aromatic N) is 3. The molecule has 1 fully saturated rings. The monoisotopic (exact) mass is 238 g/mol. The lowest BCUT2D eigenvalue weighted by Crippen LogP contribution is -2.37. The van der Waals surface area contributed by atoms with Gasteiger partial charge >= 0.3 is 0 Å². The van der Waals surface area contributed by atoms with Crippen molar-refractivity contribution in [3.05, 3.63) is 18.0 Å². The zero-order valence-electron chi connectivity index (χ0n) is 9.81. The Morgan fingerprint density at radius 1 is 1.69 bits per heavy atom. The zero-order chi connectivity index (χ0) is 11.4. The number of rotatable bonds is 3. The van der Waals surface area contributed by atoms with Gasteiger partial charge in [-0.2, -0.15) is 5.10 Å². The summed E-state index contributed by atoms with van der Waals surface area (Å²) in [6.45, 7) is 2.89. The highest BCUT2D eigenvalue weighted by Crippen LogP contribution is 2.16. The highest BCUT2D eigenvalue weighted by molar-refractivity contribution is 8.13. The minimum atomic E-state index is 0.601. The number of thioether (sulfide) groups is 1. The number of aliphatic imine (C=N–C) groups is 1. The maximum absolute atomic E-state index is 4.56. The third-order valence-electron chi connectivity index (χ3n) is 2.68. The SMILES string of the molecule is CCC1CCSC(=NCc2ccn(C)n2)N1. The number of aryl methyl sites for hydroxylation is 1. The molecule has 1 saturated heterocycles. The summed E-state index contributed by atoms with van der Waals surface area (Å²) < 4.78 is 1.81. The van der Waals surface area contributed by atoms with E-state index >= 15 is 0 Å². The molecule has 1 N–H and O–H groups in total. The molecule has 1 aromatic rings. The first-order chi connectivity index (χ1) is 7.78. The molecule has 0 aromatic carbocycles. The van der Waals surface area contributed by atoms with E-state index < -0.39 is 0 Å². The smallest absolute Gasteiger partial charge is 0.157 e. The summed E-state index contributed by atoms with van der Waals surface area (Å²) in [4.78, 5) is 4.56. The van der Waals surface area contributed by atoms with Crippen LogP contribution in [0.3, 0.4) is 0 Å². The first-order valence-electron chi connectivity index (χ1n) is 5.70. The van der Waals surface area contributed by atoms with E-state index in [9.17, 15) is 0 Å². The Labute approximate surface area is 101 Å². The van der Waals surface area contributed by atoms with Crippen LogP contribution in [0.2, 0.25) is 0 Å². The average Bonchev–Trinajstić information content (AvgIpc) is 2.73. The van der Waals surface area contributed by atoms with Gasteiger partial charge in [0, 0.05) is 25.0 Å². The second kappa shape index (κ2) is 5.39. The quantitative estimate of drug-likeness (QED) is 0.873. The molecular formula is C11H18N4S. The van der Waals surface area contributed by atoms with E-state index in [1.807, 2.05) is 35.8 Å².